The topological polar surface area (TPSA) is 95.9 Å². The van der Waals surface area contributed by atoms with E-state index in [9.17, 15) is 14.4 Å². The number of ether oxygens (including phenoxy) is 1. The highest BCUT2D eigenvalue weighted by Gasteiger charge is 2.36. The SMILES string of the molecule is O=C(O)CC1CCCN1C(=O)C1C=CC(NC(=O)OCC2c3ccccc3-c3ccccc32)C1. The summed E-state index contributed by atoms with van der Waals surface area (Å²) in [5.41, 5.74) is 4.67. The molecule has 3 atom stereocenters. The summed E-state index contributed by atoms with van der Waals surface area (Å²) in [7, 11) is 0. The van der Waals surface area contributed by atoms with Gasteiger partial charge in [-0.05, 0) is 41.5 Å². The Morgan fingerprint density at radius 3 is 2.35 bits per heavy atom. The van der Waals surface area contributed by atoms with E-state index in [0.29, 0.717) is 13.0 Å². The fourth-order valence-corrected chi connectivity index (χ4v) is 5.53. The maximum Gasteiger partial charge on any atom is 0.407 e. The second kappa shape index (κ2) is 9.33. The number of carbonyl (C=O) groups excluding carboxylic acids is 2. The number of likely N-dealkylation sites (tertiary alicyclic amines) is 1. The molecule has 2 amide bonds. The fourth-order valence-electron chi connectivity index (χ4n) is 5.53. The van der Waals surface area contributed by atoms with Crippen LogP contribution in [0.3, 0.4) is 0 Å². The average Bonchev–Trinajstić information content (AvgIpc) is 3.55. The molecular weight excluding hydrogens is 432 g/mol. The first-order chi connectivity index (χ1) is 16.5. The van der Waals surface area contributed by atoms with E-state index in [2.05, 4.69) is 29.6 Å². The minimum absolute atomic E-state index is 0.00654. The lowest BCUT2D eigenvalue weighted by molar-refractivity contribution is -0.140. The number of aliphatic carboxylic acids is 1. The van der Waals surface area contributed by atoms with Crippen LogP contribution in [0.25, 0.3) is 11.1 Å². The van der Waals surface area contributed by atoms with Crippen LogP contribution < -0.4 is 5.32 Å². The zero-order valence-electron chi connectivity index (χ0n) is 18.9. The standard InChI is InChI=1S/C27H28N2O5/c30-25(31)15-19-6-5-13-29(19)26(32)17-11-12-18(14-17)28-27(33)34-16-24-22-9-3-1-7-20(22)21-8-2-4-10-23(21)24/h1-4,7-12,17-19,24H,5-6,13-16H2,(H,28,33)(H,30,31). The molecule has 1 fully saturated rings. The molecule has 1 saturated heterocycles. The summed E-state index contributed by atoms with van der Waals surface area (Å²) in [5.74, 6) is -1.31. The Bertz CT molecular complexity index is 1100. The van der Waals surface area contributed by atoms with Crippen LogP contribution >= 0.6 is 0 Å². The number of carboxylic acids is 1. The molecule has 0 saturated carbocycles. The van der Waals surface area contributed by atoms with Crippen molar-refractivity contribution in [1.82, 2.24) is 10.2 Å². The molecule has 3 aliphatic rings. The smallest absolute Gasteiger partial charge is 0.407 e. The van der Waals surface area contributed by atoms with E-state index < -0.39 is 12.1 Å². The molecule has 2 aromatic rings. The van der Waals surface area contributed by atoms with Crippen molar-refractivity contribution in [2.75, 3.05) is 13.2 Å². The Balaban J connectivity index is 1.15. The van der Waals surface area contributed by atoms with Gasteiger partial charge in [-0.15, -0.1) is 0 Å². The molecule has 1 heterocycles. The van der Waals surface area contributed by atoms with Crippen LogP contribution in [0.2, 0.25) is 0 Å². The Morgan fingerprint density at radius 2 is 1.68 bits per heavy atom. The summed E-state index contributed by atoms with van der Waals surface area (Å²) in [6.07, 6.45) is 5.11. The van der Waals surface area contributed by atoms with Crippen LogP contribution in [-0.4, -0.2) is 53.2 Å². The lowest BCUT2D eigenvalue weighted by atomic mass is 9.98. The molecule has 7 nitrogen and oxygen atoms in total. The van der Waals surface area contributed by atoms with Crippen LogP contribution in [0.1, 0.15) is 42.7 Å². The molecule has 5 rings (SSSR count). The molecular formula is C27H28N2O5. The largest absolute Gasteiger partial charge is 0.481 e. The summed E-state index contributed by atoms with van der Waals surface area (Å²) >= 11 is 0. The summed E-state index contributed by atoms with van der Waals surface area (Å²) in [4.78, 5) is 38.3. The van der Waals surface area contributed by atoms with Crippen molar-refractivity contribution in [1.29, 1.82) is 0 Å². The molecule has 0 spiro atoms. The van der Waals surface area contributed by atoms with Crippen molar-refractivity contribution < 1.29 is 24.2 Å². The number of carbonyl (C=O) groups is 3. The van der Waals surface area contributed by atoms with Gasteiger partial charge >= 0.3 is 12.1 Å². The minimum Gasteiger partial charge on any atom is -0.481 e. The van der Waals surface area contributed by atoms with Crippen molar-refractivity contribution in [2.45, 2.75) is 43.7 Å². The van der Waals surface area contributed by atoms with Gasteiger partial charge in [-0.2, -0.15) is 0 Å². The Labute approximate surface area is 198 Å². The van der Waals surface area contributed by atoms with Crippen molar-refractivity contribution >= 4 is 18.0 Å². The van der Waals surface area contributed by atoms with Crippen LogP contribution in [0, 0.1) is 5.92 Å². The molecule has 2 aliphatic carbocycles. The number of hydrogen-bond donors (Lipinski definition) is 2. The van der Waals surface area contributed by atoms with Crippen molar-refractivity contribution in [3.63, 3.8) is 0 Å². The lowest BCUT2D eigenvalue weighted by Gasteiger charge is -2.26. The van der Waals surface area contributed by atoms with E-state index in [0.717, 1.165) is 24.0 Å². The molecule has 34 heavy (non-hydrogen) atoms. The van der Waals surface area contributed by atoms with Crippen LogP contribution in [0.5, 0.6) is 0 Å². The predicted octanol–water partition coefficient (Wildman–Crippen LogP) is 3.94. The van der Waals surface area contributed by atoms with Gasteiger partial charge in [0.2, 0.25) is 5.91 Å². The number of hydrogen-bond acceptors (Lipinski definition) is 4. The summed E-state index contributed by atoms with van der Waals surface area (Å²) in [5, 5.41) is 12.0. The number of benzene rings is 2. The van der Waals surface area contributed by atoms with Crippen LogP contribution in [0.4, 0.5) is 4.79 Å². The zero-order valence-corrected chi connectivity index (χ0v) is 18.9. The van der Waals surface area contributed by atoms with Crippen molar-refractivity contribution in [3.05, 3.63) is 71.8 Å². The maximum atomic E-state index is 12.9. The van der Waals surface area contributed by atoms with E-state index in [-0.39, 0.29) is 42.9 Å². The third-order valence-electron chi connectivity index (χ3n) is 7.12. The monoisotopic (exact) mass is 460 g/mol. The number of nitrogens with zero attached hydrogens (tertiary/aromatic N) is 1. The minimum atomic E-state index is -0.888. The molecule has 0 radical (unpaired) electrons. The van der Waals surface area contributed by atoms with E-state index in [1.807, 2.05) is 36.4 Å². The second-order valence-electron chi connectivity index (χ2n) is 9.23. The summed E-state index contributed by atoms with van der Waals surface area (Å²) < 4.78 is 5.61. The van der Waals surface area contributed by atoms with Gasteiger partial charge in [0.25, 0.3) is 0 Å². The maximum absolute atomic E-state index is 12.9. The first-order valence-corrected chi connectivity index (χ1v) is 11.8. The van der Waals surface area contributed by atoms with Gasteiger partial charge in [-0.3, -0.25) is 9.59 Å². The Morgan fingerprint density at radius 1 is 1.00 bits per heavy atom. The van der Waals surface area contributed by atoms with Gasteiger partial charge in [0.15, 0.2) is 0 Å². The third kappa shape index (κ3) is 4.30. The molecule has 3 unspecified atom stereocenters. The first-order valence-electron chi connectivity index (χ1n) is 11.8. The third-order valence-corrected chi connectivity index (χ3v) is 7.12. The number of alkyl carbamates (subject to hydrolysis) is 1. The summed E-state index contributed by atoms with van der Waals surface area (Å²) in [6.45, 7) is 0.828. The van der Waals surface area contributed by atoms with Gasteiger partial charge in [-0.1, -0.05) is 60.7 Å². The summed E-state index contributed by atoms with van der Waals surface area (Å²) in [6, 6.07) is 15.8. The van der Waals surface area contributed by atoms with Crippen LogP contribution in [-0.2, 0) is 14.3 Å². The number of amides is 2. The first kappa shape index (κ1) is 22.2. The molecule has 1 aliphatic heterocycles. The molecule has 7 heteroatoms. The quantitative estimate of drug-likeness (QED) is 0.637. The zero-order chi connectivity index (χ0) is 23.7. The van der Waals surface area contributed by atoms with E-state index in [4.69, 9.17) is 9.84 Å². The highest BCUT2D eigenvalue weighted by atomic mass is 16.5. The number of carboxylic acid groups (broad SMARTS) is 1. The van der Waals surface area contributed by atoms with Gasteiger partial charge in [0, 0.05) is 18.5 Å². The van der Waals surface area contributed by atoms with Crippen molar-refractivity contribution in [2.24, 2.45) is 5.92 Å². The molecule has 0 aromatic heterocycles. The number of nitrogens with one attached hydrogen (secondary N) is 1. The highest BCUT2D eigenvalue weighted by molar-refractivity contribution is 5.83. The normalized spacial score (nSPS) is 22.9. The second-order valence-corrected chi connectivity index (χ2v) is 9.23. The predicted molar refractivity (Wildman–Crippen MR) is 126 cm³/mol. The molecule has 0 bridgehead atoms. The van der Waals surface area contributed by atoms with Gasteiger partial charge < -0.3 is 20.1 Å². The van der Waals surface area contributed by atoms with E-state index in [1.54, 1.807) is 4.90 Å². The number of rotatable bonds is 6. The lowest BCUT2D eigenvalue weighted by Crippen LogP contribution is -2.41. The molecule has 2 N–H and O–H groups in total. The Hall–Kier alpha value is -3.61. The van der Waals surface area contributed by atoms with Gasteiger partial charge in [0.1, 0.15) is 6.61 Å². The average molecular weight is 461 g/mol. The fraction of sp³-hybridized carbons (Fsp3) is 0.370. The van der Waals surface area contributed by atoms with Crippen LogP contribution in [0.15, 0.2) is 60.7 Å². The Kier molecular flexibility index (Phi) is 6.09. The van der Waals surface area contributed by atoms with E-state index >= 15 is 0 Å². The van der Waals surface area contributed by atoms with Gasteiger partial charge in [-0.25, -0.2) is 4.79 Å². The molecule has 2 aromatic carbocycles. The number of fused-ring (bicyclic) bond motifs is 3. The van der Waals surface area contributed by atoms with Crippen molar-refractivity contribution in [3.8, 4) is 11.1 Å². The highest BCUT2D eigenvalue weighted by Crippen LogP contribution is 2.44. The molecule has 176 valence electrons. The van der Waals surface area contributed by atoms with E-state index in [1.165, 1.54) is 11.1 Å². The van der Waals surface area contributed by atoms with Gasteiger partial charge in [0.05, 0.1) is 18.4 Å².